The van der Waals surface area contributed by atoms with Crippen molar-refractivity contribution >= 4 is 17.3 Å². The van der Waals surface area contributed by atoms with Gasteiger partial charge in [-0.25, -0.2) is 9.98 Å². The van der Waals surface area contributed by atoms with Crippen LogP contribution in [0.25, 0.3) is 0 Å². The van der Waals surface area contributed by atoms with Gasteiger partial charge in [0.15, 0.2) is 5.96 Å². The van der Waals surface area contributed by atoms with Crippen LogP contribution in [0.1, 0.15) is 53.4 Å². The van der Waals surface area contributed by atoms with E-state index in [9.17, 15) is 0 Å². The summed E-state index contributed by atoms with van der Waals surface area (Å²) in [6, 6.07) is 8.92. The van der Waals surface area contributed by atoms with Gasteiger partial charge >= 0.3 is 0 Å². The van der Waals surface area contributed by atoms with Gasteiger partial charge in [0.25, 0.3) is 0 Å². The average Bonchev–Trinajstić information content (AvgIpc) is 3.36. The average molecular weight is 414 g/mol. The van der Waals surface area contributed by atoms with Gasteiger partial charge in [-0.15, -0.1) is 11.3 Å². The number of hydrogen-bond donors (Lipinski definition) is 2. The maximum atomic E-state index is 4.75. The lowest BCUT2D eigenvalue weighted by molar-refractivity contribution is 0.331. The van der Waals surface area contributed by atoms with Gasteiger partial charge in [0.1, 0.15) is 0 Å². The number of rotatable bonds is 9. The Morgan fingerprint density at radius 3 is 2.48 bits per heavy atom. The van der Waals surface area contributed by atoms with Crippen molar-refractivity contribution in [3.8, 4) is 0 Å². The minimum atomic E-state index is 0.690. The molecule has 0 aliphatic carbocycles. The van der Waals surface area contributed by atoms with Gasteiger partial charge < -0.3 is 10.6 Å². The molecule has 2 aromatic rings. The zero-order valence-electron chi connectivity index (χ0n) is 18.1. The smallest absolute Gasteiger partial charge is 0.191 e. The Hall–Kier alpha value is -1.92. The molecule has 0 spiro atoms. The van der Waals surface area contributed by atoms with Crippen LogP contribution < -0.4 is 10.6 Å². The van der Waals surface area contributed by atoms with Gasteiger partial charge in [-0.2, -0.15) is 0 Å². The molecule has 1 aliphatic rings. The third-order valence-corrected chi connectivity index (χ3v) is 6.37. The van der Waals surface area contributed by atoms with Crippen LogP contribution in [0, 0.1) is 6.92 Å². The number of aromatic nitrogens is 1. The first kappa shape index (κ1) is 21.8. The Morgan fingerprint density at radius 2 is 1.83 bits per heavy atom. The number of benzene rings is 1. The molecule has 1 fully saturated rings. The summed E-state index contributed by atoms with van der Waals surface area (Å²) in [4.78, 5) is 13.4. The Balaban J connectivity index is 1.48. The van der Waals surface area contributed by atoms with Crippen LogP contribution in [0.5, 0.6) is 0 Å². The highest BCUT2D eigenvalue weighted by Crippen LogP contribution is 2.18. The number of nitrogens with zero attached hydrogens (tertiary/aromatic N) is 3. The first-order chi connectivity index (χ1) is 14.2. The quantitative estimate of drug-likeness (QED) is 0.483. The van der Waals surface area contributed by atoms with Crippen LogP contribution in [-0.4, -0.2) is 42.0 Å². The molecule has 1 aliphatic heterocycles. The third kappa shape index (κ3) is 6.82. The van der Waals surface area contributed by atoms with E-state index in [2.05, 4.69) is 60.6 Å². The number of aliphatic imine (C=N–C) groups is 1. The molecule has 0 bridgehead atoms. The van der Waals surface area contributed by atoms with Crippen molar-refractivity contribution in [2.75, 3.05) is 26.2 Å². The molecule has 2 heterocycles. The van der Waals surface area contributed by atoms with E-state index in [0.29, 0.717) is 6.54 Å². The van der Waals surface area contributed by atoms with Crippen LogP contribution in [0.3, 0.4) is 0 Å². The zero-order chi connectivity index (χ0) is 20.5. The second kappa shape index (κ2) is 11.3. The summed E-state index contributed by atoms with van der Waals surface area (Å²) in [6.45, 7) is 12.4. The monoisotopic (exact) mass is 413 g/mol. The molecule has 1 aromatic heterocycles. The molecular formula is C23H35N5S. The highest BCUT2D eigenvalue weighted by atomic mass is 32.1. The minimum absolute atomic E-state index is 0.690. The van der Waals surface area contributed by atoms with E-state index >= 15 is 0 Å². The molecule has 1 saturated heterocycles. The molecule has 158 valence electrons. The zero-order valence-corrected chi connectivity index (χ0v) is 18.9. The van der Waals surface area contributed by atoms with Crippen molar-refractivity contribution in [2.24, 2.45) is 4.99 Å². The van der Waals surface area contributed by atoms with Crippen molar-refractivity contribution in [3.05, 3.63) is 51.0 Å². The van der Waals surface area contributed by atoms with Gasteiger partial charge in [0.2, 0.25) is 0 Å². The van der Waals surface area contributed by atoms with E-state index in [4.69, 9.17) is 9.98 Å². The van der Waals surface area contributed by atoms with Crippen molar-refractivity contribution in [2.45, 2.75) is 59.5 Å². The maximum Gasteiger partial charge on any atom is 0.191 e. The van der Waals surface area contributed by atoms with Gasteiger partial charge in [0, 0.05) is 30.9 Å². The summed E-state index contributed by atoms with van der Waals surface area (Å²) in [5, 5.41) is 7.99. The van der Waals surface area contributed by atoms with Crippen LogP contribution in [0.4, 0.5) is 0 Å². The van der Waals surface area contributed by atoms with Crippen LogP contribution in [-0.2, 0) is 25.9 Å². The fourth-order valence-electron chi connectivity index (χ4n) is 3.67. The van der Waals surface area contributed by atoms with Crippen molar-refractivity contribution in [3.63, 3.8) is 0 Å². The number of hydrogen-bond acceptors (Lipinski definition) is 4. The lowest BCUT2D eigenvalue weighted by Gasteiger charge is -2.14. The van der Waals surface area contributed by atoms with Crippen molar-refractivity contribution in [1.82, 2.24) is 20.5 Å². The fourth-order valence-corrected chi connectivity index (χ4v) is 4.69. The molecule has 3 rings (SSSR count). The van der Waals surface area contributed by atoms with Crippen LogP contribution >= 0.6 is 11.3 Å². The Morgan fingerprint density at radius 1 is 1.10 bits per heavy atom. The van der Waals surface area contributed by atoms with Gasteiger partial charge in [-0.05, 0) is 57.3 Å². The van der Waals surface area contributed by atoms with E-state index in [-0.39, 0.29) is 0 Å². The SMILES string of the molecule is CCNC(=NCc1ccc(CN2CCCC2)cc1)NCCc1nc(CC)c(C)s1. The summed E-state index contributed by atoms with van der Waals surface area (Å²) in [5.74, 6) is 0.873. The molecule has 6 heteroatoms. The second-order valence-electron chi connectivity index (χ2n) is 7.64. The topological polar surface area (TPSA) is 52.6 Å². The summed E-state index contributed by atoms with van der Waals surface area (Å²) in [5.41, 5.74) is 3.88. The standard InChI is InChI=1S/C23H35N5S/c1-4-21-18(3)29-22(27-21)12-13-25-23(24-5-2)26-16-19-8-10-20(11-9-19)17-28-14-6-7-15-28/h8-11H,4-7,12-17H2,1-3H3,(H2,24,25,26). The summed E-state index contributed by atoms with van der Waals surface area (Å²) >= 11 is 1.81. The number of nitrogens with one attached hydrogen (secondary N) is 2. The van der Waals surface area contributed by atoms with E-state index in [1.807, 2.05) is 11.3 Å². The van der Waals surface area contributed by atoms with Gasteiger partial charge in [0.05, 0.1) is 17.2 Å². The second-order valence-corrected chi connectivity index (χ2v) is 8.92. The molecule has 0 unspecified atom stereocenters. The number of aryl methyl sites for hydroxylation is 2. The predicted octanol–water partition coefficient (Wildman–Crippen LogP) is 3.91. The normalized spacial score (nSPS) is 15.1. The number of thiazole rings is 1. The van der Waals surface area contributed by atoms with E-state index in [1.54, 1.807) is 0 Å². The molecule has 1 aromatic carbocycles. The van der Waals surface area contributed by atoms with E-state index in [0.717, 1.165) is 38.4 Å². The van der Waals surface area contributed by atoms with Gasteiger partial charge in [-0.1, -0.05) is 31.2 Å². The lowest BCUT2D eigenvalue weighted by Crippen LogP contribution is -2.38. The predicted molar refractivity (Wildman–Crippen MR) is 124 cm³/mol. The molecule has 0 radical (unpaired) electrons. The van der Waals surface area contributed by atoms with E-state index in [1.165, 1.54) is 52.6 Å². The molecule has 0 atom stereocenters. The van der Waals surface area contributed by atoms with Gasteiger partial charge in [-0.3, -0.25) is 4.90 Å². The fraction of sp³-hybridized carbons (Fsp3) is 0.565. The first-order valence-corrected chi connectivity index (χ1v) is 11.8. The maximum absolute atomic E-state index is 4.75. The molecule has 2 N–H and O–H groups in total. The molecular weight excluding hydrogens is 378 g/mol. The first-order valence-electron chi connectivity index (χ1n) is 11.0. The molecule has 5 nitrogen and oxygen atoms in total. The van der Waals surface area contributed by atoms with Crippen molar-refractivity contribution < 1.29 is 0 Å². The number of likely N-dealkylation sites (tertiary alicyclic amines) is 1. The Labute approximate surface area is 179 Å². The van der Waals surface area contributed by atoms with Crippen molar-refractivity contribution in [1.29, 1.82) is 0 Å². The highest BCUT2D eigenvalue weighted by Gasteiger charge is 2.11. The van der Waals surface area contributed by atoms with Crippen LogP contribution in [0.2, 0.25) is 0 Å². The summed E-state index contributed by atoms with van der Waals surface area (Å²) in [6.07, 6.45) is 4.63. The van der Waals surface area contributed by atoms with Crippen LogP contribution in [0.15, 0.2) is 29.3 Å². The Kier molecular flexibility index (Phi) is 8.50. The van der Waals surface area contributed by atoms with E-state index < -0.39 is 0 Å². The molecule has 0 amide bonds. The minimum Gasteiger partial charge on any atom is -0.357 e. The Bertz CT molecular complexity index is 775. The summed E-state index contributed by atoms with van der Waals surface area (Å²) < 4.78 is 0. The third-order valence-electron chi connectivity index (χ3n) is 5.29. The number of guanidine groups is 1. The lowest BCUT2D eigenvalue weighted by atomic mass is 10.1. The highest BCUT2D eigenvalue weighted by molar-refractivity contribution is 7.11. The largest absolute Gasteiger partial charge is 0.357 e. The molecule has 0 saturated carbocycles. The summed E-state index contributed by atoms with van der Waals surface area (Å²) in [7, 11) is 0. The molecule has 29 heavy (non-hydrogen) atoms.